The number of carbonyl (C=O) groups is 1. The summed E-state index contributed by atoms with van der Waals surface area (Å²) in [6.45, 7) is 3.73. The first kappa shape index (κ1) is 13.1. The normalized spacial score (nSPS) is 18.3. The fourth-order valence-corrected chi connectivity index (χ4v) is 2.33. The second-order valence-electron chi connectivity index (χ2n) is 4.83. The smallest absolute Gasteiger partial charge is 0.244 e. The van der Waals surface area contributed by atoms with Crippen molar-refractivity contribution in [1.29, 1.82) is 0 Å². The maximum Gasteiger partial charge on any atom is 0.244 e. The number of amides is 1. The van der Waals surface area contributed by atoms with Crippen molar-refractivity contribution >= 4 is 5.91 Å². The molecular formula is C14H21N3O. The van der Waals surface area contributed by atoms with Gasteiger partial charge in [0.05, 0.1) is 0 Å². The predicted octanol–water partition coefficient (Wildman–Crippen LogP) is 0.721. The summed E-state index contributed by atoms with van der Waals surface area (Å²) in [5.74, 6) is 0.156. The van der Waals surface area contributed by atoms with E-state index in [1.54, 1.807) is 4.90 Å². The number of nitrogens with zero attached hydrogens (tertiary/aromatic N) is 2. The van der Waals surface area contributed by atoms with Crippen molar-refractivity contribution < 1.29 is 4.79 Å². The van der Waals surface area contributed by atoms with Crippen molar-refractivity contribution in [2.75, 3.05) is 40.3 Å². The van der Waals surface area contributed by atoms with Gasteiger partial charge in [-0.25, -0.2) is 0 Å². The molecule has 1 aliphatic rings. The fourth-order valence-electron chi connectivity index (χ4n) is 2.33. The molecular weight excluding hydrogens is 226 g/mol. The Morgan fingerprint density at radius 1 is 1.22 bits per heavy atom. The van der Waals surface area contributed by atoms with Gasteiger partial charge in [-0.1, -0.05) is 30.3 Å². The predicted molar refractivity (Wildman–Crippen MR) is 72.3 cm³/mol. The van der Waals surface area contributed by atoms with E-state index < -0.39 is 0 Å². The third-order valence-electron chi connectivity index (χ3n) is 3.31. The van der Waals surface area contributed by atoms with Crippen molar-refractivity contribution in [2.45, 2.75) is 6.04 Å². The molecule has 0 aromatic heterocycles. The second-order valence-corrected chi connectivity index (χ2v) is 4.83. The summed E-state index contributed by atoms with van der Waals surface area (Å²) in [4.78, 5) is 16.3. The van der Waals surface area contributed by atoms with Crippen LogP contribution in [0, 0.1) is 0 Å². The Labute approximate surface area is 109 Å². The average Bonchev–Trinajstić information content (AvgIpc) is 2.41. The first-order valence-electron chi connectivity index (χ1n) is 6.41. The highest BCUT2D eigenvalue weighted by atomic mass is 16.2. The van der Waals surface area contributed by atoms with E-state index in [9.17, 15) is 4.79 Å². The maximum atomic E-state index is 12.4. The van der Waals surface area contributed by atoms with Crippen molar-refractivity contribution in [3.8, 4) is 0 Å². The Morgan fingerprint density at radius 3 is 2.39 bits per heavy atom. The van der Waals surface area contributed by atoms with E-state index in [1.807, 2.05) is 44.4 Å². The minimum absolute atomic E-state index is 0.150. The standard InChI is InChI=1S/C14H21N3O/c1-16(2)14(18)13(12-6-4-3-5-7-12)17-10-8-15-9-11-17/h3-7,13,15H,8-11H2,1-2H3. The minimum atomic E-state index is -0.150. The molecule has 0 radical (unpaired) electrons. The molecule has 1 aliphatic heterocycles. The third kappa shape index (κ3) is 2.89. The van der Waals surface area contributed by atoms with E-state index in [-0.39, 0.29) is 11.9 Å². The van der Waals surface area contributed by atoms with Crippen LogP contribution in [0.2, 0.25) is 0 Å². The summed E-state index contributed by atoms with van der Waals surface area (Å²) >= 11 is 0. The quantitative estimate of drug-likeness (QED) is 0.855. The molecule has 0 aliphatic carbocycles. The van der Waals surface area contributed by atoms with Crippen LogP contribution in [0.4, 0.5) is 0 Å². The van der Waals surface area contributed by atoms with E-state index in [1.165, 1.54) is 0 Å². The highest BCUT2D eigenvalue weighted by molar-refractivity contribution is 5.82. The third-order valence-corrected chi connectivity index (χ3v) is 3.31. The van der Waals surface area contributed by atoms with E-state index in [0.717, 1.165) is 31.7 Å². The molecule has 2 rings (SSSR count). The van der Waals surface area contributed by atoms with Crippen molar-refractivity contribution in [1.82, 2.24) is 15.1 Å². The molecule has 1 heterocycles. The van der Waals surface area contributed by atoms with Crippen molar-refractivity contribution in [3.63, 3.8) is 0 Å². The van der Waals surface area contributed by atoms with Gasteiger partial charge in [-0.3, -0.25) is 9.69 Å². The Hall–Kier alpha value is -1.39. The SMILES string of the molecule is CN(C)C(=O)C(c1ccccc1)N1CCNCC1. The van der Waals surface area contributed by atoms with Gasteiger partial charge in [-0.05, 0) is 5.56 Å². The molecule has 98 valence electrons. The lowest BCUT2D eigenvalue weighted by Gasteiger charge is -2.35. The van der Waals surface area contributed by atoms with E-state index in [2.05, 4.69) is 10.2 Å². The van der Waals surface area contributed by atoms with Gasteiger partial charge in [-0.2, -0.15) is 0 Å². The number of hydrogen-bond donors (Lipinski definition) is 1. The lowest BCUT2D eigenvalue weighted by atomic mass is 10.0. The van der Waals surface area contributed by atoms with Gasteiger partial charge in [0.15, 0.2) is 0 Å². The van der Waals surface area contributed by atoms with Crippen LogP contribution in [0.1, 0.15) is 11.6 Å². The van der Waals surface area contributed by atoms with Crippen molar-refractivity contribution in [2.24, 2.45) is 0 Å². The molecule has 1 fully saturated rings. The number of carbonyl (C=O) groups excluding carboxylic acids is 1. The van der Waals surface area contributed by atoms with E-state index >= 15 is 0 Å². The summed E-state index contributed by atoms with van der Waals surface area (Å²) < 4.78 is 0. The van der Waals surface area contributed by atoms with Crippen LogP contribution in [0.3, 0.4) is 0 Å². The first-order chi connectivity index (χ1) is 8.70. The van der Waals surface area contributed by atoms with Crippen molar-refractivity contribution in [3.05, 3.63) is 35.9 Å². The molecule has 1 aromatic carbocycles. The van der Waals surface area contributed by atoms with Gasteiger partial charge in [0.2, 0.25) is 5.91 Å². The number of nitrogens with one attached hydrogen (secondary N) is 1. The Balaban J connectivity index is 2.25. The van der Waals surface area contributed by atoms with Crippen LogP contribution in [-0.4, -0.2) is 56.0 Å². The molecule has 1 unspecified atom stereocenters. The van der Waals surface area contributed by atoms with Gasteiger partial charge >= 0.3 is 0 Å². The molecule has 0 spiro atoms. The van der Waals surface area contributed by atoms with Crippen LogP contribution in [0.5, 0.6) is 0 Å². The van der Waals surface area contributed by atoms with Gasteiger partial charge in [-0.15, -0.1) is 0 Å². The summed E-state index contributed by atoms with van der Waals surface area (Å²) in [5, 5.41) is 3.32. The number of likely N-dealkylation sites (N-methyl/N-ethyl adjacent to an activating group) is 1. The Morgan fingerprint density at radius 2 is 1.83 bits per heavy atom. The first-order valence-corrected chi connectivity index (χ1v) is 6.41. The van der Waals surface area contributed by atoms with Crippen LogP contribution >= 0.6 is 0 Å². The van der Waals surface area contributed by atoms with E-state index in [0.29, 0.717) is 0 Å². The molecule has 1 aromatic rings. The minimum Gasteiger partial charge on any atom is -0.347 e. The molecule has 0 bridgehead atoms. The second kappa shape index (κ2) is 5.98. The van der Waals surface area contributed by atoms with Gasteiger partial charge in [0, 0.05) is 40.3 Å². The molecule has 4 heteroatoms. The van der Waals surface area contributed by atoms with Crippen LogP contribution < -0.4 is 5.32 Å². The van der Waals surface area contributed by atoms with Gasteiger partial charge in [0.25, 0.3) is 0 Å². The van der Waals surface area contributed by atoms with Gasteiger partial charge < -0.3 is 10.2 Å². The summed E-state index contributed by atoms with van der Waals surface area (Å²) in [6.07, 6.45) is 0. The highest BCUT2D eigenvalue weighted by Gasteiger charge is 2.29. The molecule has 18 heavy (non-hydrogen) atoms. The highest BCUT2D eigenvalue weighted by Crippen LogP contribution is 2.22. The molecule has 1 amide bonds. The molecule has 0 saturated carbocycles. The monoisotopic (exact) mass is 247 g/mol. The lowest BCUT2D eigenvalue weighted by Crippen LogP contribution is -2.49. The average molecular weight is 247 g/mol. The lowest BCUT2D eigenvalue weighted by molar-refractivity contribution is -0.135. The number of rotatable bonds is 3. The zero-order valence-electron chi connectivity index (χ0n) is 11.1. The Kier molecular flexibility index (Phi) is 4.33. The number of benzene rings is 1. The number of hydrogen-bond acceptors (Lipinski definition) is 3. The number of piperazine rings is 1. The topological polar surface area (TPSA) is 35.6 Å². The zero-order chi connectivity index (χ0) is 13.0. The van der Waals surface area contributed by atoms with Gasteiger partial charge in [0.1, 0.15) is 6.04 Å². The Bertz CT molecular complexity index is 385. The summed E-state index contributed by atoms with van der Waals surface area (Å²) in [5.41, 5.74) is 1.08. The largest absolute Gasteiger partial charge is 0.347 e. The molecule has 1 atom stereocenters. The van der Waals surface area contributed by atoms with E-state index in [4.69, 9.17) is 0 Å². The maximum absolute atomic E-state index is 12.4. The van der Waals surface area contributed by atoms with Crippen LogP contribution in [0.25, 0.3) is 0 Å². The van der Waals surface area contributed by atoms with Crippen LogP contribution in [-0.2, 0) is 4.79 Å². The fraction of sp³-hybridized carbons (Fsp3) is 0.500. The molecule has 1 saturated heterocycles. The molecule has 4 nitrogen and oxygen atoms in total. The molecule has 1 N–H and O–H groups in total. The summed E-state index contributed by atoms with van der Waals surface area (Å²) in [7, 11) is 3.64. The zero-order valence-corrected chi connectivity index (χ0v) is 11.1. The van der Waals surface area contributed by atoms with Crippen LogP contribution in [0.15, 0.2) is 30.3 Å². The summed E-state index contributed by atoms with van der Waals surface area (Å²) in [6, 6.07) is 9.89.